The van der Waals surface area contributed by atoms with E-state index in [9.17, 15) is 41.9 Å². The molecular weight excluding hydrogens is 952 g/mol. The van der Waals surface area contributed by atoms with E-state index in [0.29, 0.717) is 62.9 Å². The van der Waals surface area contributed by atoms with Crippen LogP contribution in [0.3, 0.4) is 0 Å². The summed E-state index contributed by atoms with van der Waals surface area (Å²) < 4.78 is 51.9. The highest BCUT2D eigenvalue weighted by atomic mass is 19.4. The van der Waals surface area contributed by atoms with Crippen LogP contribution in [-0.4, -0.2) is 150 Å². The number of fused-ring (bicyclic) bond motifs is 1. The maximum absolute atomic E-state index is 14.0. The maximum atomic E-state index is 14.0. The molecule has 0 unspecified atom stereocenters. The van der Waals surface area contributed by atoms with Crippen molar-refractivity contribution in [1.29, 1.82) is 0 Å². The van der Waals surface area contributed by atoms with E-state index in [2.05, 4.69) is 60.7 Å². The molecule has 0 spiro atoms. The molecule has 2 aromatic heterocycles. The number of aromatic nitrogens is 3. The van der Waals surface area contributed by atoms with E-state index in [1.54, 1.807) is 30.4 Å². The Morgan fingerprint density at radius 3 is 2.34 bits per heavy atom. The zero-order valence-electron chi connectivity index (χ0n) is 41.9. The first kappa shape index (κ1) is 54.8. The SMILES string of the molecule is CC(C)CN[C@@H]1CC[C@H](N2CC[C@H](Nc3ncnc4ccc(C(F)(F)F)cc34)C2=O)[C@H](NC(=O)C2CCC(NC(=O)CCOCCOCCNC(=O)CCNC(=O)[C@H]3CC(=O)N(C)[C@@H]3c3cccnc3)CC2)C1. The smallest absolute Gasteiger partial charge is 0.379 e. The average Bonchev–Trinajstić information content (AvgIpc) is 3.88. The molecule has 19 nitrogen and oxygen atoms in total. The number of likely N-dealkylation sites (tertiary alicyclic amines) is 2. The number of rotatable bonds is 23. The summed E-state index contributed by atoms with van der Waals surface area (Å²) in [6, 6.07) is 5.25. The number of benzene rings is 1. The van der Waals surface area contributed by atoms with E-state index >= 15 is 0 Å². The van der Waals surface area contributed by atoms with Crippen LogP contribution in [0.5, 0.6) is 0 Å². The predicted octanol–water partition coefficient (Wildman–Crippen LogP) is 3.65. The quantitative estimate of drug-likeness (QED) is 0.0746. The minimum Gasteiger partial charge on any atom is -0.379 e. The van der Waals surface area contributed by atoms with E-state index in [-0.39, 0.29) is 136 Å². The average molecular weight is 1020 g/mol. The molecule has 7 rings (SSSR count). The lowest BCUT2D eigenvalue weighted by Crippen LogP contribution is -2.59. The number of hydrogen-bond donors (Lipinski definition) is 6. The van der Waals surface area contributed by atoms with Gasteiger partial charge in [-0.25, -0.2) is 9.97 Å². The second-order valence-corrected chi connectivity index (χ2v) is 20.0. The molecule has 22 heteroatoms. The molecule has 4 fully saturated rings. The monoisotopic (exact) mass is 1020 g/mol. The zero-order valence-corrected chi connectivity index (χ0v) is 41.9. The molecule has 2 aliphatic carbocycles. The van der Waals surface area contributed by atoms with Crippen LogP contribution in [0.2, 0.25) is 0 Å². The first-order valence-corrected chi connectivity index (χ1v) is 25.6. The Morgan fingerprint density at radius 2 is 1.60 bits per heavy atom. The third-order valence-corrected chi connectivity index (χ3v) is 14.3. The molecule has 6 atom stereocenters. The normalized spacial score (nSPS) is 24.5. The van der Waals surface area contributed by atoms with Crippen molar-refractivity contribution in [2.24, 2.45) is 17.8 Å². The van der Waals surface area contributed by atoms with Crippen LogP contribution >= 0.6 is 0 Å². The number of hydrogen-bond acceptors (Lipinski definition) is 13. The lowest BCUT2D eigenvalue weighted by Gasteiger charge is -2.42. The van der Waals surface area contributed by atoms with Crippen molar-refractivity contribution in [3.05, 3.63) is 60.2 Å². The number of halogens is 3. The van der Waals surface area contributed by atoms with Gasteiger partial charge in [-0.1, -0.05) is 19.9 Å². The Balaban J connectivity index is 0.765. The van der Waals surface area contributed by atoms with Gasteiger partial charge in [0.15, 0.2) is 0 Å². The number of amides is 6. The lowest BCUT2D eigenvalue weighted by molar-refractivity contribution is -0.137. The first-order chi connectivity index (χ1) is 35.0. The van der Waals surface area contributed by atoms with Crippen LogP contribution < -0.4 is 31.9 Å². The molecule has 73 heavy (non-hydrogen) atoms. The van der Waals surface area contributed by atoms with Crippen LogP contribution in [0.25, 0.3) is 10.9 Å². The van der Waals surface area contributed by atoms with Gasteiger partial charge in [-0.2, -0.15) is 13.2 Å². The number of ether oxygens (including phenoxy) is 2. The summed E-state index contributed by atoms with van der Waals surface area (Å²) in [7, 11) is 1.67. The Bertz CT molecular complexity index is 2370. The van der Waals surface area contributed by atoms with Crippen molar-refractivity contribution in [2.75, 3.05) is 65.0 Å². The number of anilines is 1. The van der Waals surface area contributed by atoms with E-state index in [0.717, 1.165) is 30.7 Å². The first-order valence-electron chi connectivity index (χ1n) is 25.6. The number of nitrogens with one attached hydrogen (secondary N) is 6. The van der Waals surface area contributed by atoms with Crippen molar-refractivity contribution in [3.63, 3.8) is 0 Å². The zero-order chi connectivity index (χ0) is 52.1. The standard InChI is InChI=1S/C51H70F3N11O8/c1-31(2)28-58-36-11-13-42(65-20-15-40(50(65)71)62-47-37-25-34(51(52,53)54)8-12-39(37)59-30-60-47)41(26-36)63-48(69)32-6-9-35(10-7-32)61-44(67)16-21-72-23-24-73-22-19-56-43(66)14-18-57-49(70)38-27-45(68)64(3)46(38)33-5-4-17-55-29-33/h4-5,8,12,17,25,29-32,35-36,38,40-42,46,58H,6-7,9-11,13-16,18-24,26-28H2,1-3H3,(H,56,66)(H,57,70)(H,61,67)(H,63,69)(H,59,60,62)/t32?,35?,36-,38+,40+,41-,42+,46-/m1/s1. The van der Waals surface area contributed by atoms with Crippen molar-refractivity contribution in [1.82, 2.24) is 51.3 Å². The van der Waals surface area contributed by atoms with Gasteiger partial charge in [0.25, 0.3) is 0 Å². The molecule has 1 aromatic carbocycles. The van der Waals surface area contributed by atoms with E-state index in [1.165, 1.54) is 12.4 Å². The topological polar surface area (TPSA) is 238 Å². The molecule has 4 aliphatic rings. The largest absolute Gasteiger partial charge is 0.416 e. The summed E-state index contributed by atoms with van der Waals surface area (Å²) in [6.45, 7) is 6.91. The highest BCUT2D eigenvalue weighted by molar-refractivity contribution is 5.94. The van der Waals surface area contributed by atoms with E-state index in [1.807, 2.05) is 11.0 Å². The Labute approximate surface area is 423 Å². The van der Waals surface area contributed by atoms with Crippen molar-refractivity contribution < 1.29 is 51.4 Å². The Kier molecular flexibility index (Phi) is 19.3. The Morgan fingerprint density at radius 1 is 0.836 bits per heavy atom. The van der Waals surface area contributed by atoms with E-state index in [4.69, 9.17) is 9.47 Å². The second-order valence-electron chi connectivity index (χ2n) is 20.0. The summed E-state index contributed by atoms with van der Waals surface area (Å²) in [5.74, 6) is -1.30. The second kappa shape index (κ2) is 25.8. The van der Waals surface area contributed by atoms with Crippen molar-refractivity contribution in [2.45, 2.75) is 127 Å². The summed E-state index contributed by atoms with van der Waals surface area (Å²) in [5.41, 5.74) is 0.272. The molecule has 0 bridgehead atoms. The fourth-order valence-corrected chi connectivity index (χ4v) is 10.4. The minimum atomic E-state index is -4.55. The fourth-order valence-electron chi connectivity index (χ4n) is 10.4. The summed E-state index contributed by atoms with van der Waals surface area (Å²) in [6.07, 6.45) is 5.35. The molecule has 2 saturated heterocycles. The van der Waals surface area contributed by atoms with Gasteiger partial charge >= 0.3 is 6.18 Å². The summed E-state index contributed by atoms with van der Waals surface area (Å²) >= 11 is 0. The van der Waals surface area contributed by atoms with Gasteiger partial charge in [-0.05, 0) is 93.7 Å². The maximum Gasteiger partial charge on any atom is 0.416 e. The molecule has 6 amide bonds. The third-order valence-electron chi connectivity index (χ3n) is 14.3. The summed E-state index contributed by atoms with van der Waals surface area (Å²) in [5, 5.41) is 18.9. The van der Waals surface area contributed by atoms with Crippen LogP contribution in [0.1, 0.15) is 102 Å². The van der Waals surface area contributed by atoms with Crippen LogP contribution in [0, 0.1) is 17.8 Å². The number of alkyl halides is 3. The van der Waals surface area contributed by atoms with E-state index < -0.39 is 29.7 Å². The van der Waals surface area contributed by atoms with Gasteiger partial charge < -0.3 is 51.2 Å². The van der Waals surface area contributed by atoms with Gasteiger partial charge in [0.2, 0.25) is 35.4 Å². The van der Waals surface area contributed by atoms with Gasteiger partial charge in [0.1, 0.15) is 18.2 Å². The van der Waals surface area contributed by atoms with Gasteiger partial charge in [0.05, 0.1) is 61.6 Å². The molecule has 2 saturated carbocycles. The van der Waals surface area contributed by atoms with Gasteiger partial charge in [-0.15, -0.1) is 0 Å². The van der Waals surface area contributed by atoms with Crippen LogP contribution in [0.15, 0.2) is 49.1 Å². The van der Waals surface area contributed by atoms with Gasteiger partial charge in [0, 0.05) is 81.7 Å². The lowest BCUT2D eigenvalue weighted by atomic mass is 9.83. The number of carbonyl (C=O) groups excluding carboxylic acids is 6. The highest BCUT2D eigenvalue weighted by Crippen LogP contribution is 2.37. The highest BCUT2D eigenvalue weighted by Gasteiger charge is 2.44. The number of nitrogens with zero attached hydrogens (tertiary/aromatic N) is 5. The predicted molar refractivity (Wildman–Crippen MR) is 263 cm³/mol. The molecule has 4 heterocycles. The Hall–Kier alpha value is -6.00. The molecule has 6 N–H and O–H groups in total. The summed E-state index contributed by atoms with van der Waals surface area (Å²) in [4.78, 5) is 94.2. The van der Waals surface area contributed by atoms with Crippen LogP contribution in [0.4, 0.5) is 19.0 Å². The number of pyridine rings is 1. The van der Waals surface area contributed by atoms with Crippen molar-refractivity contribution in [3.8, 4) is 0 Å². The van der Waals surface area contributed by atoms with Gasteiger partial charge in [-0.3, -0.25) is 33.8 Å². The third kappa shape index (κ3) is 15.1. The number of carbonyl (C=O) groups is 6. The molecular formula is C51H70F3N11O8. The van der Waals surface area contributed by atoms with Crippen LogP contribution in [-0.2, 0) is 44.4 Å². The van der Waals surface area contributed by atoms with Crippen molar-refractivity contribution >= 4 is 52.2 Å². The molecule has 398 valence electrons. The molecule has 3 aromatic rings. The fraction of sp³-hybridized carbons (Fsp3) is 0.627. The molecule has 2 aliphatic heterocycles. The molecule has 0 radical (unpaired) electrons. The minimum absolute atomic E-state index is 0.0677.